The van der Waals surface area contributed by atoms with Gasteiger partial charge in [-0.1, -0.05) is 18.2 Å². The predicted molar refractivity (Wildman–Crippen MR) is 86.4 cm³/mol. The highest BCUT2D eigenvalue weighted by Gasteiger charge is 2.32. The summed E-state index contributed by atoms with van der Waals surface area (Å²) in [5, 5.41) is 6.33. The molecule has 3 rings (SSSR count). The van der Waals surface area contributed by atoms with Gasteiger partial charge in [-0.25, -0.2) is 4.39 Å². The van der Waals surface area contributed by atoms with Crippen molar-refractivity contribution in [3.63, 3.8) is 0 Å². The van der Waals surface area contributed by atoms with Crippen LogP contribution in [0.2, 0.25) is 0 Å². The van der Waals surface area contributed by atoms with Crippen molar-refractivity contribution >= 4 is 18.3 Å². The number of carbonyl (C=O) groups is 1. The van der Waals surface area contributed by atoms with Crippen LogP contribution in [0.3, 0.4) is 0 Å². The molecule has 2 saturated heterocycles. The molecule has 2 aliphatic rings. The molecule has 2 N–H and O–H groups in total. The number of rotatable bonds is 4. The second-order valence-electron chi connectivity index (χ2n) is 6.00. The monoisotopic (exact) mass is 327 g/mol. The number of carbonyl (C=O) groups excluding carboxylic acids is 1. The lowest BCUT2D eigenvalue weighted by molar-refractivity contribution is -0.122. The Balaban J connectivity index is 0.00000176. The first-order chi connectivity index (χ1) is 10.2. The molecule has 0 radical (unpaired) electrons. The number of nitrogens with one attached hydrogen (secondary N) is 2. The summed E-state index contributed by atoms with van der Waals surface area (Å²) < 4.78 is 13.5. The first kappa shape index (κ1) is 17.2. The Kier molecular flexibility index (Phi) is 6.17. The maximum atomic E-state index is 13.5. The SMILES string of the molecule is Cl.O=C(CN1CCC2NCCC2C1)NCc1ccccc1F. The number of likely N-dealkylation sites (tertiary alicyclic amines) is 1. The van der Waals surface area contributed by atoms with E-state index in [1.165, 1.54) is 12.5 Å². The predicted octanol–water partition coefficient (Wildman–Crippen LogP) is 1.55. The van der Waals surface area contributed by atoms with Gasteiger partial charge in [0.25, 0.3) is 0 Å². The highest BCUT2D eigenvalue weighted by atomic mass is 35.5. The molecule has 22 heavy (non-hydrogen) atoms. The van der Waals surface area contributed by atoms with E-state index in [0.717, 1.165) is 26.1 Å². The Morgan fingerprint density at radius 3 is 3.00 bits per heavy atom. The highest BCUT2D eigenvalue weighted by Crippen LogP contribution is 2.24. The molecule has 122 valence electrons. The Labute approximate surface area is 136 Å². The van der Waals surface area contributed by atoms with Crippen molar-refractivity contribution in [2.24, 2.45) is 5.92 Å². The van der Waals surface area contributed by atoms with Crippen LogP contribution >= 0.6 is 12.4 Å². The Bertz CT molecular complexity index is 514. The van der Waals surface area contributed by atoms with Gasteiger partial charge in [0.05, 0.1) is 6.54 Å². The van der Waals surface area contributed by atoms with E-state index in [4.69, 9.17) is 0 Å². The van der Waals surface area contributed by atoms with E-state index < -0.39 is 0 Å². The number of benzene rings is 1. The summed E-state index contributed by atoms with van der Waals surface area (Å²) >= 11 is 0. The third-order valence-corrected chi connectivity index (χ3v) is 4.54. The van der Waals surface area contributed by atoms with E-state index in [1.54, 1.807) is 18.2 Å². The molecule has 0 aliphatic carbocycles. The van der Waals surface area contributed by atoms with Crippen molar-refractivity contribution in [2.75, 3.05) is 26.2 Å². The molecule has 0 spiro atoms. The molecular weight excluding hydrogens is 305 g/mol. The quantitative estimate of drug-likeness (QED) is 0.882. The summed E-state index contributed by atoms with van der Waals surface area (Å²) in [5.41, 5.74) is 0.532. The average molecular weight is 328 g/mol. The van der Waals surface area contributed by atoms with E-state index >= 15 is 0 Å². The average Bonchev–Trinajstić information content (AvgIpc) is 2.94. The number of hydrogen-bond donors (Lipinski definition) is 2. The summed E-state index contributed by atoms with van der Waals surface area (Å²) in [7, 11) is 0. The molecule has 2 unspecified atom stereocenters. The number of nitrogens with zero attached hydrogens (tertiary/aromatic N) is 1. The van der Waals surface area contributed by atoms with Crippen molar-refractivity contribution < 1.29 is 9.18 Å². The Hall–Kier alpha value is -1.17. The minimum atomic E-state index is -0.268. The first-order valence-corrected chi connectivity index (χ1v) is 7.68. The van der Waals surface area contributed by atoms with Gasteiger partial charge in [-0.05, 0) is 31.4 Å². The van der Waals surface area contributed by atoms with Crippen LogP contribution in [-0.2, 0) is 11.3 Å². The van der Waals surface area contributed by atoms with Gasteiger partial charge < -0.3 is 10.6 Å². The van der Waals surface area contributed by atoms with Gasteiger partial charge in [0.15, 0.2) is 0 Å². The largest absolute Gasteiger partial charge is 0.351 e. The fourth-order valence-electron chi connectivity index (χ4n) is 3.36. The van der Waals surface area contributed by atoms with Crippen molar-refractivity contribution in [3.05, 3.63) is 35.6 Å². The minimum Gasteiger partial charge on any atom is -0.351 e. The van der Waals surface area contributed by atoms with Crippen LogP contribution in [0.1, 0.15) is 18.4 Å². The highest BCUT2D eigenvalue weighted by molar-refractivity contribution is 5.85. The van der Waals surface area contributed by atoms with Crippen molar-refractivity contribution in [3.8, 4) is 0 Å². The molecule has 0 bridgehead atoms. The molecular formula is C16H23ClFN3O. The van der Waals surface area contributed by atoms with Crippen LogP contribution in [0.5, 0.6) is 0 Å². The van der Waals surface area contributed by atoms with Crippen LogP contribution in [-0.4, -0.2) is 43.0 Å². The molecule has 1 aromatic rings. The zero-order valence-electron chi connectivity index (χ0n) is 12.6. The molecule has 6 heteroatoms. The third kappa shape index (κ3) is 4.18. The van der Waals surface area contributed by atoms with Gasteiger partial charge in [0.1, 0.15) is 5.82 Å². The summed E-state index contributed by atoms with van der Waals surface area (Å²) in [6.07, 6.45) is 2.32. The summed E-state index contributed by atoms with van der Waals surface area (Å²) in [4.78, 5) is 14.2. The van der Waals surface area contributed by atoms with Crippen molar-refractivity contribution in [1.29, 1.82) is 0 Å². The van der Waals surface area contributed by atoms with Gasteiger partial charge >= 0.3 is 0 Å². The van der Waals surface area contributed by atoms with Crippen LogP contribution < -0.4 is 10.6 Å². The number of hydrogen-bond acceptors (Lipinski definition) is 3. The summed E-state index contributed by atoms with van der Waals surface area (Å²) in [5.74, 6) is 0.386. The molecule has 1 aromatic carbocycles. The van der Waals surface area contributed by atoms with E-state index in [9.17, 15) is 9.18 Å². The minimum absolute atomic E-state index is 0. The number of fused-ring (bicyclic) bond motifs is 1. The van der Waals surface area contributed by atoms with E-state index in [0.29, 0.717) is 24.1 Å². The maximum Gasteiger partial charge on any atom is 0.234 e. The summed E-state index contributed by atoms with van der Waals surface area (Å²) in [6.45, 7) is 3.72. The molecule has 4 nitrogen and oxygen atoms in total. The van der Waals surface area contributed by atoms with Crippen LogP contribution in [0.15, 0.2) is 24.3 Å². The third-order valence-electron chi connectivity index (χ3n) is 4.54. The van der Waals surface area contributed by atoms with E-state index in [2.05, 4.69) is 15.5 Å². The van der Waals surface area contributed by atoms with Gasteiger partial charge in [-0.15, -0.1) is 12.4 Å². The fourth-order valence-corrected chi connectivity index (χ4v) is 3.36. The van der Waals surface area contributed by atoms with Crippen LogP contribution in [0, 0.1) is 11.7 Å². The molecule has 2 atom stereocenters. The van der Waals surface area contributed by atoms with Gasteiger partial charge in [0.2, 0.25) is 5.91 Å². The maximum absolute atomic E-state index is 13.5. The van der Waals surface area contributed by atoms with E-state index in [1.807, 2.05) is 0 Å². The fraction of sp³-hybridized carbons (Fsp3) is 0.562. The smallest absolute Gasteiger partial charge is 0.234 e. The lowest BCUT2D eigenvalue weighted by atomic mass is 9.93. The van der Waals surface area contributed by atoms with Crippen molar-refractivity contribution in [1.82, 2.24) is 15.5 Å². The molecule has 0 saturated carbocycles. The molecule has 2 fully saturated rings. The van der Waals surface area contributed by atoms with Gasteiger partial charge in [-0.2, -0.15) is 0 Å². The number of amides is 1. The molecule has 2 aliphatic heterocycles. The molecule has 1 amide bonds. The second kappa shape index (κ2) is 7.90. The van der Waals surface area contributed by atoms with Gasteiger partial charge in [-0.3, -0.25) is 9.69 Å². The van der Waals surface area contributed by atoms with E-state index in [-0.39, 0.29) is 30.7 Å². The standard InChI is InChI=1S/C16H22FN3O.ClH/c17-14-4-2-1-3-12(14)9-19-16(21)11-20-8-6-15-13(10-20)5-7-18-15;/h1-4,13,15,18H,5-11H2,(H,19,21);1H. The topological polar surface area (TPSA) is 44.4 Å². The zero-order valence-corrected chi connectivity index (χ0v) is 13.4. The van der Waals surface area contributed by atoms with Gasteiger partial charge in [0, 0.05) is 31.2 Å². The number of piperidine rings is 1. The van der Waals surface area contributed by atoms with Crippen LogP contribution in [0.4, 0.5) is 4.39 Å². The lowest BCUT2D eigenvalue weighted by Gasteiger charge is -2.34. The second-order valence-corrected chi connectivity index (χ2v) is 6.00. The zero-order chi connectivity index (χ0) is 14.7. The first-order valence-electron chi connectivity index (χ1n) is 7.68. The molecule has 0 aromatic heterocycles. The normalized spacial score (nSPS) is 24.4. The van der Waals surface area contributed by atoms with Crippen LogP contribution in [0.25, 0.3) is 0 Å². The van der Waals surface area contributed by atoms with Crippen molar-refractivity contribution in [2.45, 2.75) is 25.4 Å². The molecule has 2 heterocycles. The number of halogens is 2. The Morgan fingerprint density at radius 2 is 2.18 bits per heavy atom. The lowest BCUT2D eigenvalue weighted by Crippen LogP contribution is -2.47. The Morgan fingerprint density at radius 1 is 1.36 bits per heavy atom. The summed E-state index contributed by atoms with van der Waals surface area (Å²) in [6, 6.07) is 7.19.